The number of para-hydroxylation sites is 1. The van der Waals surface area contributed by atoms with E-state index >= 15 is 0 Å². The van der Waals surface area contributed by atoms with Crippen LogP contribution in [0.5, 0.6) is 5.75 Å². The van der Waals surface area contributed by atoms with Crippen molar-refractivity contribution in [1.82, 2.24) is 34.9 Å². The van der Waals surface area contributed by atoms with Crippen molar-refractivity contribution >= 4 is 57.8 Å². The zero-order valence-corrected chi connectivity index (χ0v) is 29.0. The summed E-state index contributed by atoms with van der Waals surface area (Å²) < 4.78 is 7.63. The van der Waals surface area contributed by atoms with Crippen LogP contribution in [-0.2, 0) is 40.9 Å². The predicted octanol–water partition coefficient (Wildman–Crippen LogP) is 4.19. The first kappa shape index (κ1) is 32.9. The Hall–Kier alpha value is -6.31. The molecular weight excluding hydrogens is 662 g/mol. The number of carbonyl (C=O) groups is 4. The summed E-state index contributed by atoms with van der Waals surface area (Å²) in [4.78, 5) is 62.8. The minimum atomic E-state index is -0.691. The Balaban J connectivity index is 0.900. The maximum absolute atomic E-state index is 13.3. The van der Waals surface area contributed by atoms with Crippen molar-refractivity contribution in [2.24, 2.45) is 7.05 Å². The van der Waals surface area contributed by atoms with Crippen molar-refractivity contribution in [3.63, 3.8) is 0 Å². The van der Waals surface area contributed by atoms with Gasteiger partial charge in [-0.25, -0.2) is 9.67 Å². The van der Waals surface area contributed by atoms with Gasteiger partial charge in [0.1, 0.15) is 11.8 Å². The van der Waals surface area contributed by atoms with Gasteiger partial charge in [0.2, 0.25) is 17.8 Å². The number of benzene rings is 3. The third-order valence-electron chi connectivity index (χ3n) is 9.99. The second kappa shape index (κ2) is 13.1. The Labute approximate surface area is 299 Å². The number of imide groups is 1. The monoisotopic (exact) mass is 699 g/mol. The van der Waals surface area contributed by atoms with E-state index in [9.17, 15) is 19.2 Å². The van der Waals surface area contributed by atoms with Crippen LogP contribution >= 0.6 is 0 Å². The van der Waals surface area contributed by atoms with E-state index in [0.717, 1.165) is 33.5 Å². The lowest BCUT2D eigenvalue weighted by molar-refractivity contribution is -0.137. The Morgan fingerprint density at radius 1 is 0.962 bits per heavy atom. The Morgan fingerprint density at radius 2 is 1.79 bits per heavy atom. The zero-order valence-electron chi connectivity index (χ0n) is 29.0. The largest absolute Gasteiger partial charge is 0.484 e. The number of ether oxygens (including phenoxy) is 1. The summed E-state index contributed by atoms with van der Waals surface area (Å²) in [5.74, 6) is 0.390. The molecule has 1 unspecified atom stereocenters. The quantitative estimate of drug-likeness (QED) is 0.200. The molecule has 0 aliphatic carbocycles. The molecule has 3 N–H and O–H groups in total. The zero-order chi connectivity index (χ0) is 36.1. The van der Waals surface area contributed by atoms with Crippen LogP contribution in [0.3, 0.4) is 0 Å². The number of anilines is 4. The number of nitrogens with zero attached hydrogens (tertiary/aromatic N) is 6. The molecule has 264 valence electrons. The number of carbonyl (C=O) groups excluding carboxylic acids is 4. The summed E-state index contributed by atoms with van der Waals surface area (Å²) in [5, 5.41) is 14.6. The molecule has 1 atom stereocenters. The Bertz CT molecular complexity index is 2280. The van der Waals surface area contributed by atoms with Crippen LogP contribution in [0.2, 0.25) is 0 Å². The standard InChI is InChI=1S/C38H37N9O5/c1-21-5-4-6-22(2)33(21)42-34-29-17-39-38(43-35(29)45(3)44-34)40-26-8-7-23-13-14-46(18-24(23)15-26)32(49)20-52-27-9-10-28-25(16-27)19-47(37(28)51)30-11-12-31(48)41-36(30)50/h4-10,15-17,30H,11-14,18-20H2,1-3H3,(H,42,44)(H,39,40,43)(H,41,48,50). The summed E-state index contributed by atoms with van der Waals surface area (Å²) in [7, 11) is 1.85. The molecule has 3 aromatic carbocycles. The Morgan fingerprint density at radius 3 is 2.60 bits per heavy atom. The van der Waals surface area contributed by atoms with Crippen molar-refractivity contribution in [2.45, 2.75) is 52.2 Å². The SMILES string of the molecule is Cc1cccc(C)c1Nc1nn(C)c2nc(Nc3ccc4c(c3)CN(C(=O)COc3ccc5c(c3)CN(C3CCC(=O)NC3=O)C5=O)CC4)ncc12. The summed E-state index contributed by atoms with van der Waals surface area (Å²) in [5.41, 5.74) is 8.14. The molecule has 0 spiro atoms. The molecule has 8 rings (SSSR count). The number of nitrogens with one attached hydrogen (secondary N) is 3. The van der Waals surface area contributed by atoms with Crippen molar-refractivity contribution in [2.75, 3.05) is 23.8 Å². The first-order valence-corrected chi connectivity index (χ1v) is 17.2. The van der Waals surface area contributed by atoms with Gasteiger partial charge in [-0.15, -0.1) is 0 Å². The highest BCUT2D eigenvalue weighted by atomic mass is 16.5. The van der Waals surface area contributed by atoms with Crippen LogP contribution in [-0.4, -0.2) is 72.4 Å². The van der Waals surface area contributed by atoms with Gasteiger partial charge in [0.25, 0.3) is 11.8 Å². The summed E-state index contributed by atoms with van der Waals surface area (Å²) >= 11 is 0. The molecule has 0 saturated carbocycles. The van der Waals surface area contributed by atoms with Crippen LogP contribution in [0, 0.1) is 13.8 Å². The van der Waals surface area contributed by atoms with Gasteiger partial charge in [0.15, 0.2) is 18.1 Å². The molecule has 5 heterocycles. The van der Waals surface area contributed by atoms with Crippen LogP contribution in [0.1, 0.15) is 51.0 Å². The number of aryl methyl sites for hydroxylation is 3. The molecule has 2 aromatic heterocycles. The van der Waals surface area contributed by atoms with E-state index in [1.54, 1.807) is 34.0 Å². The number of amides is 4. The maximum Gasteiger partial charge on any atom is 0.260 e. The maximum atomic E-state index is 13.3. The van der Waals surface area contributed by atoms with Gasteiger partial charge >= 0.3 is 0 Å². The lowest BCUT2D eigenvalue weighted by atomic mass is 9.99. The molecule has 0 radical (unpaired) electrons. The predicted molar refractivity (Wildman–Crippen MR) is 192 cm³/mol. The topological polar surface area (TPSA) is 164 Å². The van der Waals surface area contributed by atoms with Crippen LogP contribution in [0.25, 0.3) is 11.0 Å². The first-order valence-electron chi connectivity index (χ1n) is 17.2. The number of aromatic nitrogens is 4. The molecule has 3 aliphatic heterocycles. The van der Waals surface area contributed by atoms with Crippen molar-refractivity contribution in [3.05, 3.63) is 94.2 Å². The smallest absolute Gasteiger partial charge is 0.260 e. The van der Waals surface area contributed by atoms with Crippen molar-refractivity contribution in [3.8, 4) is 5.75 Å². The number of hydrogen-bond donors (Lipinski definition) is 3. The summed E-state index contributed by atoms with van der Waals surface area (Å²) in [6.45, 7) is 5.20. The lowest BCUT2D eigenvalue weighted by Gasteiger charge is -2.29. The minimum absolute atomic E-state index is 0.152. The van der Waals surface area contributed by atoms with Gasteiger partial charge in [-0.1, -0.05) is 24.3 Å². The highest BCUT2D eigenvalue weighted by molar-refractivity contribution is 6.05. The van der Waals surface area contributed by atoms with Gasteiger partial charge in [-0.05, 0) is 84.8 Å². The number of fused-ring (bicyclic) bond motifs is 3. The highest BCUT2D eigenvalue weighted by Gasteiger charge is 2.39. The van der Waals surface area contributed by atoms with Crippen LogP contribution in [0.15, 0.2) is 60.8 Å². The number of hydrogen-bond acceptors (Lipinski definition) is 10. The van der Waals surface area contributed by atoms with Gasteiger partial charge in [-0.3, -0.25) is 24.5 Å². The van der Waals surface area contributed by atoms with Gasteiger partial charge in [0, 0.05) is 56.2 Å². The third kappa shape index (κ3) is 6.16. The van der Waals surface area contributed by atoms with E-state index in [4.69, 9.17) is 9.72 Å². The van der Waals surface area contributed by atoms with Crippen LogP contribution < -0.4 is 20.7 Å². The molecule has 1 fully saturated rings. The van der Waals surface area contributed by atoms with Gasteiger partial charge < -0.3 is 25.2 Å². The molecule has 14 nitrogen and oxygen atoms in total. The average molecular weight is 700 g/mol. The minimum Gasteiger partial charge on any atom is -0.484 e. The van der Waals surface area contributed by atoms with Crippen molar-refractivity contribution in [1.29, 1.82) is 0 Å². The lowest BCUT2D eigenvalue weighted by Crippen LogP contribution is -2.52. The van der Waals surface area contributed by atoms with E-state index in [-0.39, 0.29) is 37.3 Å². The molecule has 14 heteroatoms. The first-order chi connectivity index (χ1) is 25.1. The van der Waals surface area contributed by atoms with Gasteiger partial charge in [0.05, 0.1) is 5.39 Å². The molecule has 5 aromatic rings. The fourth-order valence-electron chi connectivity index (χ4n) is 7.17. The van der Waals surface area contributed by atoms with E-state index in [0.29, 0.717) is 60.2 Å². The van der Waals surface area contributed by atoms with Crippen LogP contribution in [0.4, 0.5) is 23.1 Å². The Kier molecular flexibility index (Phi) is 8.28. The number of rotatable bonds is 8. The molecule has 3 aliphatic rings. The highest BCUT2D eigenvalue weighted by Crippen LogP contribution is 2.32. The number of piperidine rings is 1. The summed E-state index contributed by atoms with van der Waals surface area (Å²) in [6, 6.07) is 16.6. The normalized spacial score (nSPS) is 16.8. The molecule has 4 amide bonds. The molecule has 1 saturated heterocycles. The molecule has 52 heavy (non-hydrogen) atoms. The second-order valence-corrected chi connectivity index (χ2v) is 13.5. The molecular formula is C38H37N9O5. The third-order valence-corrected chi connectivity index (χ3v) is 9.99. The summed E-state index contributed by atoms with van der Waals surface area (Å²) in [6.07, 6.45) is 2.96. The van der Waals surface area contributed by atoms with E-state index in [1.807, 2.05) is 25.2 Å². The molecule has 0 bridgehead atoms. The fourth-order valence-corrected chi connectivity index (χ4v) is 7.17. The van der Waals surface area contributed by atoms with E-state index in [1.165, 1.54) is 10.5 Å². The average Bonchev–Trinajstić information content (AvgIpc) is 3.62. The van der Waals surface area contributed by atoms with Crippen molar-refractivity contribution < 1.29 is 23.9 Å². The second-order valence-electron chi connectivity index (χ2n) is 13.5. The van der Waals surface area contributed by atoms with E-state index < -0.39 is 11.9 Å². The fraction of sp³-hybridized carbons (Fsp3) is 0.289. The van der Waals surface area contributed by atoms with Gasteiger partial charge in [-0.2, -0.15) is 10.1 Å². The van der Waals surface area contributed by atoms with E-state index in [2.05, 4.69) is 58.1 Å².